The Morgan fingerprint density at radius 3 is 2.88 bits per heavy atom. The van der Waals surface area contributed by atoms with Gasteiger partial charge in [-0.3, -0.25) is 0 Å². The summed E-state index contributed by atoms with van der Waals surface area (Å²) in [4.78, 5) is 4.73. The van der Waals surface area contributed by atoms with Crippen molar-refractivity contribution in [2.75, 3.05) is 0 Å². The molecule has 1 aliphatic rings. The minimum atomic E-state index is 0.499. The first-order chi connectivity index (χ1) is 7.53. The van der Waals surface area contributed by atoms with Crippen LogP contribution in [0.2, 0.25) is 0 Å². The smallest absolute Gasteiger partial charge is 0.0965 e. The van der Waals surface area contributed by atoms with Gasteiger partial charge in [-0.15, -0.1) is 11.3 Å². The Hall–Kier alpha value is -0.410. The maximum Gasteiger partial charge on any atom is 0.0965 e. The summed E-state index contributed by atoms with van der Waals surface area (Å²) < 4.78 is 0. The second kappa shape index (κ2) is 4.46. The molecule has 1 N–H and O–H groups in total. The summed E-state index contributed by atoms with van der Waals surface area (Å²) in [6.07, 6.45) is 2.48. The Bertz CT molecular complexity index is 357. The molecule has 1 fully saturated rings. The van der Waals surface area contributed by atoms with Gasteiger partial charge >= 0.3 is 0 Å². The summed E-state index contributed by atoms with van der Waals surface area (Å²) in [5, 5.41) is 7.03. The number of nitrogens with zero attached hydrogens (tertiary/aromatic N) is 1. The highest BCUT2D eigenvalue weighted by molar-refractivity contribution is 7.09. The zero-order valence-corrected chi connectivity index (χ0v) is 11.5. The lowest BCUT2D eigenvalue weighted by atomic mass is 10.1. The molecule has 1 aromatic rings. The van der Waals surface area contributed by atoms with Gasteiger partial charge < -0.3 is 5.32 Å². The lowest BCUT2D eigenvalue weighted by Gasteiger charge is -2.08. The number of thiazole rings is 1. The third kappa shape index (κ3) is 2.64. The van der Waals surface area contributed by atoms with E-state index in [1.165, 1.54) is 23.5 Å². The second-order valence-electron chi connectivity index (χ2n) is 5.61. The van der Waals surface area contributed by atoms with Gasteiger partial charge in [-0.05, 0) is 25.2 Å². The third-order valence-corrected chi connectivity index (χ3v) is 4.63. The van der Waals surface area contributed by atoms with Crippen LogP contribution in [0, 0.1) is 5.41 Å². The normalized spacial score (nSPS) is 24.4. The van der Waals surface area contributed by atoms with Crippen LogP contribution in [0.3, 0.4) is 0 Å². The molecule has 0 aliphatic heterocycles. The molecule has 0 radical (unpaired) electrons. The SMILES string of the molecule is CCC(C)NCc1csc(C2CC2(C)C)n1. The standard InChI is InChI=1S/C13H22N2S/c1-5-9(2)14-7-10-8-16-12(15-10)11-6-13(11,3)4/h8-9,11,14H,5-7H2,1-4H3. The van der Waals surface area contributed by atoms with Crippen LogP contribution in [-0.4, -0.2) is 11.0 Å². The van der Waals surface area contributed by atoms with Gasteiger partial charge in [0.2, 0.25) is 0 Å². The fraction of sp³-hybridized carbons (Fsp3) is 0.769. The summed E-state index contributed by atoms with van der Waals surface area (Å²) >= 11 is 1.83. The van der Waals surface area contributed by atoms with Gasteiger partial charge in [0, 0.05) is 23.9 Å². The highest BCUT2D eigenvalue weighted by atomic mass is 32.1. The van der Waals surface area contributed by atoms with E-state index >= 15 is 0 Å². The number of hydrogen-bond acceptors (Lipinski definition) is 3. The molecule has 2 unspecified atom stereocenters. The lowest BCUT2D eigenvalue weighted by Crippen LogP contribution is -2.24. The Balaban J connectivity index is 1.88. The van der Waals surface area contributed by atoms with Crippen molar-refractivity contribution in [2.45, 2.75) is 59.0 Å². The summed E-state index contributed by atoms with van der Waals surface area (Å²) in [7, 11) is 0. The molecule has 90 valence electrons. The van der Waals surface area contributed by atoms with Gasteiger partial charge in [0.1, 0.15) is 0 Å². The maximum absolute atomic E-state index is 4.73. The van der Waals surface area contributed by atoms with Crippen LogP contribution in [0.25, 0.3) is 0 Å². The first-order valence-corrected chi connectivity index (χ1v) is 7.08. The quantitative estimate of drug-likeness (QED) is 0.848. The molecule has 0 bridgehead atoms. The number of rotatable bonds is 5. The molecule has 2 nitrogen and oxygen atoms in total. The van der Waals surface area contributed by atoms with E-state index in [1.807, 2.05) is 11.3 Å². The van der Waals surface area contributed by atoms with Crippen molar-refractivity contribution >= 4 is 11.3 Å². The zero-order chi connectivity index (χ0) is 11.8. The van der Waals surface area contributed by atoms with E-state index in [-0.39, 0.29) is 0 Å². The van der Waals surface area contributed by atoms with Crippen molar-refractivity contribution in [3.8, 4) is 0 Å². The predicted molar refractivity (Wildman–Crippen MR) is 69.8 cm³/mol. The molecule has 1 aromatic heterocycles. The monoisotopic (exact) mass is 238 g/mol. The van der Waals surface area contributed by atoms with Crippen molar-refractivity contribution in [1.82, 2.24) is 10.3 Å². The molecular formula is C13H22N2S. The molecule has 1 aliphatic carbocycles. The van der Waals surface area contributed by atoms with Crippen molar-refractivity contribution < 1.29 is 0 Å². The highest BCUT2D eigenvalue weighted by Gasteiger charge is 2.48. The minimum absolute atomic E-state index is 0.499. The van der Waals surface area contributed by atoms with Crippen LogP contribution in [0.4, 0.5) is 0 Å². The van der Waals surface area contributed by atoms with E-state index in [2.05, 4.69) is 38.4 Å². The molecule has 0 spiro atoms. The summed E-state index contributed by atoms with van der Waals surface area (Å²) in [5.41, 5.74) is 1.71. The molecule has 0 saturated heterocycles. The van der Waals surface area contributed by atoms with Crippen LogP contribution in [0.15, 0.2) is 5.38 Å². The number of aromatic nitrogens is 1. The van der Waals surface area contributed by atoms with Crippen LogP contribution < -0.4 is 5.32 Å². The molecule has 1 saturated carbocycles. The summed E-state index contributed by atoms with van der Waals surface area (Å²) in [6.45, 7) is 10.00. The number of hydrogen-bond donors (Lipinski definition) is 1. The average Bonchev–Trinajstić information content (AvgIpc) is 2.70. The third-order valence-electron chi connectivity index (χ3n) is 3.63. The molecule has 2 atom stereocenters. The topological polar surface area (TPSA) is 24.9 Å². The largest absolute Gasteiger partial charge is 0.309 e. The van der Waals surface area contributed by atoms with Crippen LogP contribution in [-0.2, 0) is 6.54 Å². The van der Waals surface area contributed by atoms with Crippen LogP contribution in [0.5, 0.6) is 0 Å². The van der Waals surface area contributed by atoms with Crippen molar-refractivity contribution in [1.29, 1.82) is 0 Å². The van der Waals surface area contributed by atoms with Crippen molar-refractivity contribution in [3.05, 3.63) is 16.1 Å². The van der Waals surface area contributed by atoms with E-state index in [0.29, 0.717) is 11.5 Å². The highest BCUT2D eigenvalue weighted by Crippen LogP contribution is 2.59. The molecular weight excluding hydrogens is 216 g/mol. The lowest BCUT2D eigenvalue weighted by molar-refractivity contribution is 0.529. The number of nitrogens with one attached hydrogen (secondary N) is 1. The van der Waals surface area contributed by atoms with Gasteiger partial charge in [0.15, 0.2) is 0 Å². The fourth-order valence-electron chi connectivity index (χ4n) is 1.88. The Morgan fingerprint density at radius 1 is 1.62 bits per heavy atom. The second-order valence-corrected chi connectivity index (χ2v) is 6.50. The van der Waals surface area contributed by atoms with E-state index in [9.17, 15) is 0 Å². The molecule has 1 heterocycles. The van der Waals surface area contributed by atoms with E-state index < -0.39 is 0 Å². The Kier molecular flexibility index (Phi) is 3.36. The Labute approximate surface area is 102 Å². The zero-order valence-electron chi connectivity index (χ0n) is 10.7. The van der Waals surface area contributed by atoms with Gasteiger partial charge in [0.05, 0.1) is 10.7 Å². The van der Waals surface area contributed by atoms with Gasteiger partial charge in [0.25, 0.3) is 0 Å². The van der Waals surface area contributed by atoms with Gasteiger partial charge in [-0.25, -0.2) is 4.98 Å². The summed E-state index contributed by atoms with van der Waals surface area (Å²) in [5.74, 6) is 0.717. The van der Waals surface area contributed by atoms with Crippen LogP contribution in [0.1, 0.15) is 57.2 Å². The van der Waals surface area contributed by atoms with Gasteiger partial charge in [-0.2, -0.15) is 0 Å². The molecule has 0 aromatic carbocycles. The predicted octanol–water partition coefficient (Wildman–Crippen LogP) is 3.54. The van der Waals surface area contributed by atoms with Crippen molar-refractivity contribution in [2.24, 2.45) is 5.41 Å². The van der Waals surface area contributed by atoms with Crippen LogP contribution >= 0.6 is 11.3 Å². The maximum atomic E-state index is 4.73. The van der Waals surface area contributed by atoms with E-state index in [4.69, 9.17) is 4.98 Å². The first kappa shape index (κ1) is 12.1. The van der Waals surface area contributed by atoms with E-state index in [0.717, 1.165) is 12.5 Å². The molecule has 3 heteroatoms. The van der Waals surface area contributed by atoms with E-state index in [1.54, 1.807) is 0 Å². The molecule has 2 rings (SSSR count). The van der Waals surface area contributed by atoms with Crippen molar-refractivity contribution in [3.63, 3.8) is 0 Å². The molecule has 16 heavy (non-hydrogen) atoms. The molecule has 0 amide bonds. The fourth-order valence-corrected chi connectivity index (χ4v) is 3.01. The first-order valence-electron chi connectivity index (χ1n) is 6.20. The Morgan fingerprint density at radius 2 is 2.31 bits per heavy atom. The van der Waals surface area contributed by atoms with Gasteiger partial charge in [-0.1, -0.05) is 20.8 Å². The average molecular weight is 238 g/mol. The summed E-state index contributed by atoms with van der Waals surface area (Å²) in [6, 6.07) is 0.586. The minimum Gasteiger partial charge on any atom is -0.309 e.